The fourth-order valence-corrected chi connectivity index (χ4v) is 6.27. The van der Waals surface area contributed by atoms with Crippen molar-refractivity contribution < 1.29 is 13.2 Å². The summed E-state index contributed by atoms with van der Waals surface area (Å²) in [5.41, 5.74) is 1.98. The van der Waals surface area contributed by atoms with E-state index in [2.05, 4.69) is 29.1 Å². The lowest BCUT2D eigenvalue weighted by molar-refractivity contribution is 0.102. The van der Waals surface area contributed by atoms with Crippen LogP contribution in [0.5, 0.6) is 0 Å². The van der Waals surface area contributed by atoms with Gasteiger partial charge in [-0.05, 0) is 54.7 Å². The zero-order valence-electron chi connectivity index (χ0n) is 17.4. The molecular weight excluding hydrogens is 432 g/mol. The molecule has 1 fully saturated rings. The summed E-state index contributed by atoms with van der Waals surface area (Å²) in [5, 5.41) is 5.09. The smallest absolute Gasteiger partial charge is 0.257 e. The van der Waals surface area contributed by atoms with Gasteiger partial charge in [-0.1, -0.05) is 13.8 Å². The van der Waals surface area contributed by atoms with E-state index in [1.807, 2.05) is 17.5 Å². The predicted molar refractivity (Wildman–Crippen MR) is 121 cm³/mol. The molecule has 0 saturated carbocycles. The summed E-state index contributed by atoms with van der Waals surface area (Å²) in [4.78, 5) is 21.3. The maximum absolute atomic E-state index is 13.0. The minimum Gasteiger partial charge on any atom is -0.298 e. The van der Waals surface area contributed by atoms with E-state index in [1.54, 1.807) is 16.7 Å². The Hall–Kier alpha value is -2.62. The average Bonchev–Trinajstić information content (AvgIpc) is 3.22. The van der Waals surface area contributed by atoms with Gasteiger partial charge in [-0.15, -0.1) is 11.3 Å². The number of nitrogens with zero attached hydrogens (tertiary/aromatic N) is 3. The molecule has 2 unspecified atom stereocenters. The maximum Gasteiger partial charge on any atom is 0.257 e. The summed E-state index contributed by atoms with van der Waals surface area (Å²) in [6.45, 7) is 5.20. The van der Waals surface area contributed by atoms with Crippen LogP contribution in [0, 0.1) is 11.8 Å². The van der Waals surface area contributed by atoms with Gasteiger partial charge in [-0.3, -0.25) is 15.1 Å². The van der Waals surface area contributed by atoms with E-state index < -0.39 is 10.0 Å². The first-order chi connectivity index (χ1) is 14.8. The van der Waals surface area contributed by atoms with Crippen molar-refractivity contribution in [2.24, 2.45) is 11.8 Å². The van der Waals surface area contributed by atoms with Crippen LogP contribution in [0.15, 0.2) is 59.1 Å². The molecule has 1 aliphatic heterocycles. The van der Waals surface area contributed by atoms with Gasteiger partial charge in [0.2, 0.25) is 10.0 Å². The molecule has 2 aromatic heterocycles. The molecule has 4 rings (SSSR count). The Bertz CT molecular complexity index is 1150. The first kappa shape index (κ1) is 21.6. The molecule has 1 saturated heterocycles. The number of nitrogens with one attached hydrogen (secondary N) is 1. The minimum absolute atomic E-state index is 0.207. The van der Waals surface area contributed by atoms with Crippen LogP contribution < -0.4 is 5.32 Å². The van der Waals surface area contributed by atoms with E-state index in [4.69, 9.17) is 0 Å². The number of benzene rings is 1. The Labute approximate surface area is 186 Å². The second-order valence-electron chi connectivity index (χ2n) is 8.03. The monoisotopic (exact) mass is 456 g/mol. The number of thiazole rings is 1. The highest BCUT2D eigenvalue weighted by Crippen LogP contribution is 2.27. The first-order valence-electron chi connectivity index (χ1n) is 10.1. The lowest BCUT2D eigenvalue weighted by Crippen LogP contribution is -2.42. The van der Waals surface area contributed by atoms with Gasteiger partial charge in [0.25, 0.3) is 5.91 Å². The zero-order valence-corrected chi connectivity index (χ0v) is 19.0. The molecule has 31 heavy (non-hydrogen) atoms. The highest BCUT2D eigenvalue weighted by Gasteiger charge is 2.31. The van der Waals surface area contributed by atoms with Gasteiger partial charge in [0.1, 0.15) is 0 Å². The molecule has 9 heteroatoms. The number of carbonyl (C=O) groups excluding carboxylic acids is 1. The van der Waals surface area contributed by atoms with E-state index >= 15 is 0 Å². The summed E-state index contributed by atoms with van der Waals surface area (Å²) in [5.74, 6) is 0.327. The zero-order chi connectivity index (χ0) is 22.0. The lowest BCUT2D eigenvalue weighted by Gasteiger charge is -2.34. The van der Waals surface area contributed by atoms with Crippen LogP contribution in [0.4, 0.5) is 5.13 Å². The van der Waals surface area contributed by atoms with Gasteiger partial charge in [0.15, 0.2) is 5.13 Å². The molecule has 162 valence electrons. The van der Waals surface area contributed by atoms with E-state index in [9.17, 15) is 13.2 Å². The van der Waals surface area contributed by atoms with Gasteiger partial charge in [0, 0.05) is 42.0 Å². The van der Waals surface area contributed by atoms with Crippen LogP contribution in [-0.4, -0.2) is 41.7 Å². The number of hydrogen-bond acceptors (Lipinski definition) is 6. The Morgan fingerprint density at radius 3 is 2.48 bits per heavy atom. The van der Waals surface area contributed by atoms with Crippen molar-refractivity contribution in [1.82, 2.24) is 14.3 Å². The number of carbonyl (C=O) groups is 1. The molecular formula is C22H24N4O3S2. The highest BCUT2D eigenvalue weighted by molar-refractivity contribution is 7.89. The number of anilines is 1. The molecule has 0 spiro atoms. The quantitative estimate of drug-likeness (QED) is 0.623. The second-order valence-corrected chi connectivity index (χ2v) is 10.8. The Morgan fingerprint density at radius 1 is 1.13 bits per heavy atom. The molecule has 7 nitrogen and oxygen atoms in total. The summed E-state index contributed by atoms with van der Waals surface area (Å²) in [6, 6.07) is 9.79. The second kappa shape index (κ2) is 8.86. The summed E-state index contributed by atoms with van der Waals surface area (Å²) < 4.78 is 27.6. The number of piperidine rings is 1. The normalized spacial score (nSPS) is 19.8. The van der Waals surface area contributed by atoms with E-state index in [0.717, 1.165) is 17.7 Å². The molecule has 3 aromatic rings. The number of aromatic nitrogens is 2. The van der Waals surface area contributed by atoms with E-state index in [1.165, 1.54) is 35.6 Å². The fourth-order valence-electron chi connectivity index (χ4n) is 3.88. The maximum atomic E-state index is 13.0. The standard InChI is InChI=1S/C22H24N4O3S2/c1-15-10-16(2)13-26(12-15)31(28,29)19-7-5-17(6-8-19)21(27)25-22-24-20(14-30-22)18-4-3-9-23-11-18/h3-9,11,14-16H,10,12-13H2,1-2H3,(H,24,25,27). The van der Waals surface area contributed by atoms with Crippen molar-refractivity contribution in [3.63, 3.8) is 0 Å². The van der Waals surface area contributed by atoms with Gasteiger partial charge < -0.3 is 0 Å². The predicted octanol–water partition coefficient (Wildman–Crippen LogP) is 4.12. The third kappa shape index (κ3) is 4.84. The van der Waals surface area contributed by atoms with Crippen molar-refractivity contribution in [3.8, 4) is 11.3 Å². The number of rotatable bonds is 5. The van der Waals surface area contributed by atoms with Gasteiger partial charge in [-0.25, -0.2) is 13.4 Å². The Balaban J connectivity index is 1.45. The fraction of sp³-hybridized carbons (Fsp3) is 0.318. The molecule has 3 heterocycles. The number of amides is 1. The Kier molecular flexibility index (Phi) is 6.17. The molecule has 1 N–H and O–H groups in total. The van der Waals surface area contributed by atoms with Crippen LogP contribution in [0.1, 0.15) is 30.6 Å². The summed E-state index contributed by atoms with van der Waals surface area (Å²) in [6.07, 6.45) is 4.43. The van der Waals surface area contributed by atoms with Crippen molar-refractivity contribution in [1.29, 1.82) is 0 Å². The summed E-state index contributed by atoms with van der Waals surface area (Å²) >= 11 is 1.32. The molecule has 0 radical (unpaired) electrons. The van der Waals surface area contributed by atoms with Crippen LogP contribution in [0.3, 0.4) is 0 Å². The topological polar surface area (TPSA) is 92.3 Å². The highest BCUT2D eigenvalue weighted by atomic mass is 32.2. The van der Waals surface area contributed by atoms with Crippen molar-refractivity contribution in [3.05, 3.63) is 59.7 Å². The molecule has 1 aliphatic rings. The molecule has 2 atom stereocenters. The van der Waals surface area contributed by atoms with Crippen molar-refractivity contribution >= 4 is 32.4 Å². The minimum atomic E-state index is -3.57. The summed E-state index contributed by atoms with van der Waals surface area (Å²) in [7, 11) is -3.57. The largest absolute Gasteiger partial charge is 0.298 e. The molecule has 0 bridgehead atoms. The van der Waals surface area contributed by atoms with Crippen LogP contribution >= 0.6 is 11.3 Å². The van der Waals surface area contributed by atoms with E-state index in [0.29, 0.717) is 35.6 Å². The number of pyridine rings is 1. The number of hydrogen-bond donors (Lipinski definition) is 1. The molecule has 0 aliphatic carbocycles. The SMILES string of the molecule is CC1CC(C)CN(S(=O)(=O)c2ccc(C(=O)Nc3nc(-c4cccnc4)cs3)cc2)C1. The molecule has 1 aromatic carbocycles. The molecule has 1 amide bonds. The third-order valence-electron chi connectivity index (χ3n) is 5.27. The van der Waals surface area contributed by atoms with Crippen LogP contribution in [0.25, 0.3) is 11.3 Å². The van der Waals surface area contributed by atoms with Gasteiger partial charge in [-0.2, -0.15) is 4.31 Å². The third-order valence-corrected chi connectivity index (χ3v) is 7.88. The first-order valence-corrected chi connectivity index (χ1v) is 12.4. The van der Waals surface area contributed by atoms with Crippen molar-refractivity contribution in [2.75, 3.05) is 18.4 Å². The van der Waals surface area contributed by atoms with Crippen LogP contribution in [0.2, 0.25) is 0 Å². The average molecular weight is 457 g/mol. The Morgan fingerprint density at radius 2 is 1.84 bits per heavy atom. The van der Waals surface area contributed by atoms with E-state index in [-0.39, 0.29) is 10.8 Å². The van der Waals surface area contributed by atoms with Gasteiger partial charge in [0.05, 0.1) is 10.6 Å². The van der Waals surface area contributed by atoms with Crippen molar-refractivity contribution in [2.45, 2.75) is 25.2 Å². The number of sulfonamides is 1. The van der Waals surface area contributed by atoms with Gasteiger partial charge >= 0.3 is 0 Å². The van der Waals surface area contributed by atoms with Crippen LogP contribution in [-0.2, 0) is 10.0 Å². The lowest BCUT2D eigenvalue weighted by atomic mass is 9.94.